The van der Waals surface area contributed by atoms with E-state index in [0.717, 1.165) is 13.5 Å². The summed E-state index contributed by atoms with van der Waals surface area (Å²) in [5.41, 5.74) is -0.862. The molecule has 0 fully saturated rings. The van der Waals surface area contributed by atoms with Gasteiger partial charge in [-0.25, -0.2) is 13.6 Å². The third-order valence-corrected chi connectivity index (χ3v) is 3.30. The normalized spacial score (nSPS) is 10.2. The summed E-state index contributed by atoms with van der Waals surface area (Å²) in [5, 5.41) is 0. The molecule has 0 atom stereocenters. The Balaban J connectivity index is 0.00000484. The van der Waals surface area contributed by atoms with Crippen LogP contribution < -0.4 is 4.74 Å². The molecule has 0 heterocycles. The van der Waals surface area contributed by atoms with Crippen molar-refractivity contribution in [3.05, 3.63) is 28.6 Å². The van der Waals surface area contributed by atoms with Gasteiger partial charge in [-0.15, -0.1) is 0 Å². The molecule has 0 unspecified atom stereocenters. The number of benzene rings is 1. The summed E-state index contributed by atoms with van der Waals surface area (Å²) in [4.78, 5) is 12.0. The zero-order valence-corrected chi connectivity index (χ0v) is 16.5. The second kappa shape index (κ2) is 10.8. The van der Waals surface area contributed by atoms with Crippen molar-refractivity contribution in [3.8, 4) is 5.75 Å². The first-order valence-corrected chi connectivity index (χ1v) is 7.39. The largest absolute Gasteiger partial charge is 0.491 e. The summed E-state index contributed by atoms with van der Waals surface area (Å²) < 4.78 is 51.7. The number of halogens is 3. The first-order chi connectivity index (χ1) is 10.5. The van der Waals surface area contributed by atoms with E-state index in [0.29, 0.717) is 19.3 Å². The molecule has 0 saturated heterocycles. The van der Waals surface area contributed by atoms with E-state index in [-0.39, 0.29) is 42.5 Å². The Morgan fingerprint density at radius 2 is 1.61 bits per heavy atom. The van der Waals surface area contributed by atoms with E-state index in [1.54, 1.807) is 0 Å². The minimum Gasteiger partial charge on any atom is -0.491 e. The molecular weight excluding hydrogens is 416 g/mol. The SMILES string of the molecule is CCCCOC(=O)c1c(F)c(OC)c(F)c(F)c1CCCC.[Sn]. The van der Waals surface area contributed by atoms with E-state index in [1.165, 1.54) is 0 Å². The van der Waals surface area contributed by atoms with Gasteiger partial charge in [-0.2, -0.15) is 4.39 Å². The molecule has 0 saturated carbocycles. The van der Waals surface area contributed by atoms with Crippen molar-refractivity contribution < 1.29 is 27.4 Å². The topological polar surface area (TPSA) is 35.5 Å². The number of unbranched alkanes of at least 4 members (excludes halogenated alkanes) is 2. The molecule has 4 radical (unpaired) electrons. The number of hydrogen-bond acceptors (Lipinski definition) is 3. The van der Waals surface area contributed by atoms with Gasteiger partial charge in [-0.3, -0.25) is 0 Å². The van der Waals surface area contributed by atoms with Crippen LogP contribution in [0.5, 0.6) is 5.75 Å². The van der Waals surface area contributed by atoms with Crippen LogP contribution in [0.3, 0.4) is 0 Å². The van der Waals surface area contributed by atoms with Crippen LogP contribution in [0.4, 0.5) is 13.2 Å². The molecule has 1 rings (SSSR count). The summed E-state index contributed by atoms with van der Waals surface area (Å²) >= 11 is 0. The Morgan fingerprint density at radius 1 is 1.00 bits per heavy atom. The first kappa shape index (κ1) is 22.1. The Labute approximate surface area is 151 Å². The third-order valence-electron chi connectivity index (χ3n) is 3.30. The van der Waals surface area contributed by atoms with Crippen molar-refractivity contribution in [1.29, 1.82) is 0 Å². The number of ether oxygens (including phenoxy) is 2. The Bertz CT molecular complexity index is 536. The van der Waals surface area contributed by atoms with Gasteiger partial charge in [0.15, 0.2) is 17.4 Å². The van der Waals surface area contributed by atoms with Crippen molar-refractivity contribution in [2.24, 2.45) is 0 Å². The maximum Gasteiger partial charge on any atom is 0.341 e. The fraction of sp³-hybridized carbons (Fsp3) is 0.562. The second-order valence-corrected chi connectivity index (χ2v) is 4.92. The molecule has 0 spiro atoms. The van der Waals surface area contributed by atoms with E-state index in [1.807, 2.05) is 13.8 Å². The molecule has 1 aromatic rings. The number of carbonyl (C=O) groups is 1. The zero-order chi connectivity index (χ0) is 16.7. The predicted octanol–water partition coefficient (Wildman–Crippen LogP) is 4.03. The molecule has 0 amide bonds. The van der Waals surface area contributed by atoms with Gasteiger partial charge >= 0.3 is 5.97 Å². The van der Waals surface area contributed by atoms with E-state index >= 15 is 0 Å². The smallest absolute Gasteiger partial charge is 0.341 e. The molecule has 128 valence electrons. The molecule has 3 nitrogen and oxygen atoms in total. The minimum absolute atomic E-state index is 0. The van der Waals surface area contributed by atoms with Crippen LogP contribution in [0.15, 0.2) is 0 Å². The van der Waals surface area contributed by atoms with Crippen molar-refractivity contribution in [1.82, 2.24) is 0 Å². The summed E-state index contributed by atoms with van der Waals surface area (Å²) in [6, 6.07) is 0. The van der Waals surface area contributed by atoms with Gasteiger partial charge in [0.2, 0.25) is 5.82 Å². The Morgan fingerprint density at radius 3 is 2.13 bits per heavy atom. The molecule has 0 aliphatic heterocycles. The molecule has 0 aliphatic carbocycles. The molecule has 0 bridgehead atoms. The van der Waals surface area contributed by atoms with Crippen molar-refractivity contribution in [2.75, 3.05) is 13.7 Å². The number of rotatable bonds is 8. The summed E-state index contributed by atoms with van der Waals surface area (Å²) in [6.45, 7) is 3.86. The first-order valence-electron chi connectivity index (χ1n) is 7.39. The number of methoxy groups -OCH3 is 1. The average molecular weight is 437 g/mol. The van der Waals surface area contributed by atoms with E-state index in [2.05, 4.69) is 4.74 Å². The molecule has 0 aliphatic rings. The Hall–Kier alpha value is -0.921. The molecule has 1 aromatic carbocycles. The van der Waals surface area contributed by atoms with Crippen LogP contribution in [-0.2, 0) is 11.2 Å². The van der Waals surface area contributed by atoms with E-state index in [4.69, 9.17) is 4.74 Å². The van der Waals surface area contributed by atoms with Crippen LogP contribution in [0.2, 0.25) is 0 Å². The van der Waals surface area contributed by atoms with Gasteiger partial charge in [-0.05, 0) is 19.3 Å². The number of hydrogen-bond donors (Lipinski definition) is 0. The van der Waals surface area contributed by atoms with Gasteiger partial charge in [0, 0.05) is 29.5 Å². The zero-order valence-electron chi connectivity index (χ0n) is 13.6. The minimum atomic E-state index is -1.42. The van der Waals surface area contributed by atoms with Crippen molar-refractivity contribution in [2.45, 2.75) is 46.0 Å². The maximum atomic E-state index is 14.3. The number of carbonyl (C=O) groups excluding carboxylic acids is 1. The average Bonchev–Trinajstić information content (AvgIpc) is 2.50. The molecule has 0 N–H and O–H groups in total. The predicted molar refractivity (Wildman–Crippen MR) is 82.4 cm³/mol. The van der Waals surface area contributed by atoms with Gasteiger partial charge in [0.25, 0.3) is 0 Å². The molecule has 0 aromatic heterocycles. The fourth-order valence-electron chi connectivity index (χ4n) is 2.05. The van der Waals surface area contributed by atoms with E-state index in [9.17, 15) is 18.0 Å². The molecular formula is C16H21F3O3Sn. The maximum absolute atomic E-state index is 14.3. The van der Waals surface area contributed by atoms with Gasteiger partial charge < -0.3 is 9.47 Å². The Kier molecular flexibility index (Phi) is 10.3. The standard InChI is InChI=1S/C16H21F3O3.Sn/c1-4-6-8-10-11(16(20)22-9-7-5-2)13(18)15(21-3)14(19)12(10)17;/h4-9H2,1-3H3;. The van der Waals surface area contributed by atoms with E-state index < -0.39 is 34.7 Å². The van der Waals surface area contributed by atoms with Crippen LogP contribution in [0.1, 0.15) is 55.5 Å². The molecule has 23 heavy (non-hydrogen) atoms. The quantitative estimate of drug-likeness (QED) is 0.267. The number of esters is 1. The van der Waals surface area contributed by atoms with Gasteiger partial charge in [-0.1, -0.05) is 26.7 Å². The van der Waals surface area contributed by atoms with Crippen molar-refractivity contribution in [3.63, 3.8) is 0 Å². The summed E-state index contributed by atoms with van der Waals surface area (Å²) in [6.07, 6.45) is 2.65. The van der Waals surface area contributed by atoms with Crippen molar-refractivity contribution >= 4 is 29.9 Å². The summed E-state index contributed by atoms with van der Waals surface area (Å²) in [7, 11) is 1.01. The second-order valence-electron chi connectivity index (χ2n) is 4.92. The van der Waals surface area contributed by atoms with Gasteiger partial charge in [0.1, 0.15) is 5.56 Å². The van der Waals surface area contributed by atoms with Crippen LogP contribution >= 0.6 is 0 Å². The monoisotopic (exact) mass is 438 g/mol. The molecule has 7 heteroatoms. The third kappa shape index (κ3) is 5.29. The van der Waals surface area contributed by atoms with Crippen LogP contribution in [0.25, 0.3) is 0 Å². The van der Waals surface area contributed by atoms with Gasteiger partial charge in [0.05, 0.1) is 13.7 Å². The summed E-state index contributed by atoms with van der Waals surface area (Å²) in [5.74, 6) is -5.78. The van der Waals surface area contributed by atoms with Crippen LogP contribution in [0, 0.1) is 17.5 Å². The fourth-order valence-corrected chi connectivity index (χ4v) is 2.05. The van der Waals surface area contributed by atoms with Crippen LogP contribution in [-0.4, -0.2) is 43.6 Å².